The molecule has 1 aliphatic heterocycles. The van der Waals surface area contributed by atoms with Gasteiger partial charge in [-0.05, 0) is 23.8 Å². The summed E-state index contributed by atoms with van der Waals surface area (Å²) in [6.45, 7) is 3.55. The first-order valence-corrected chi connectivity index (χ1v) is 6.71. The molecule has 0 aromatic heterocycles. The van der Waals surface area contributed by atoms with Crippen molar-refractivity contribution in [1.29, 1.82) is 0 Å². The highest BCUT2D eigenvalue weighted by Gasteiger charge is 2.34. The van der Waals surface area contributed by atoms with E-state index in [1.807, 2.05) is 31.1 Å². The zero-order chi connectivity index (χ0) is 16.3. The number of carbonyl (C=O) groups excluding carboxylic acids is 3. The van der Waals surface area contributed by atoms with Crippen LogP contribution in [0.1, 0.15) is 5.56 Å². The Kier molecular flexibility index (Phi) is 4.41. The third kappa shape index (κ3) is 3.06. The lowest BCUT2D eigenvalue weighted by Gasteiger charge is -2.25. The Labute approximate surface area is 128 Å². The summed E-state index contributed by atoms with van der Waals surface area (Å²) >= 11 is 0. The van der Waals surface area contributed by atoms with Crippen LogP contribution in [0.15, 0.2) is 42.5 Å². The largest absolute Gasteiger partial charge is 0.378 e. The van der Waals surface area contributed by atoms with Gasteiger partial charge in [-0.2, -0.15) is 0 Å². The number of carbonyl (C=O) groups is 3. The number of benzene rings is 1. The molecule has 2 rings (SSSR count). The number of nitrogens with one attached hydrogen (secondary N) is 1. The van der Waals surface area contributed by atoms with Gasteiger partial charge in [-0.3, -0.25) is 19.8 Å². The van der Waals surface area contributed by atoms with E-state index in [1.54, 1.807) is 12.1 Å². The average Bonchev–Trinajstić information content (AvgIpc) is 2.48. The highest BCUT2D eigenvalue weighted by molar-refractivity contribution is 6.31. The van der Waals surface area contributed by atoms with Crippen LogP contribution in [0.2, 0.25) is 0 Å². The maximum atomic E-state index is 12.2. The maximum Gasteiger partial charge on any atom is 0.331 e. The van der Waals surface area contributed by atoms with E-state index in [2.05, 4.69) is 11.9 Å². The molecule has 4 amide bonds. The molecule has 0 bridgehead atoms. The van der Waals surface area contributed by atoms with Gasteiger partial charge in [0.1, 0.15) is 5.57 Å². The lowest BCUT2D eigenvalue weighted by molar-refractivity contribution is -0.129. The average molecular weight is 299 g/mol. The van der Waals surface area contributed by atoms with Crippen LogP contribution in [0.3, 0.4) is 0 Å². The summed E-state index contributed by atoms with van der Waals surface area (Å²) in [6, 6.07) is 6.64. The van der Waals surface area contributed by atoms with Crippen molar-refractivity contribution in [3.05, 3.63) is 48.1 Å². The number of nitrogens with zero attached hydrogens (tertiary/aromatic N) is 2. The molecule has 0 saturated carbocycles. The molecule has 0 radical (unpaired) electrons. The van der Waals surface area contributed by atoms with Gasteiger partial charge in [0.2, 0.25) is 0 Å². The Bertz CT molecular complexity index is 660. The smallest absolute Gasteiger partial charge is 0.331 e. The van der Waals surface area contributed by atoms with Gasteiger partial charge in [0.25, 0.3) is 11.8 Å². The Morgan fingerprint density at radius 2 is 1.82 bits per heavy atom. The predicted molar refractivity (Wildman–Crippen MR) is 84.2 cm³/mol. The van der Waals surface area contributed by atoms with Crippen molar-refractivity contribution in [2.24, 2.45) is 0 Å². The molecule has 6 nitrogen and oxygen atoms in total. The number of hydrogen-bond donors (Lipinski definition) is 1. The molecule has 1 aliphatic rings. The molecule has 1 heterocycles. The lowest BCUT2D eigenvalue weighted by atomic mass is 10.1. The van der Waals surface area contributed by atoms with E-state index in [4.69, 9.17) is 0 Å². The second-order valence-corrected chi connectivity index (χ2v) is 5.01. The molecule has 1 fully saturated rings. The van der Waals surface area contributed by atoms with Gasteiger partial charge < -0.3 is 4.90 Å². The summed E-state index contributed by atoms with van der Waals surface area (Å²) in [5, 5.41) is 2.15. The monoisotopic (exact) mass is 299 g/mol. The van der Waals surface area contributed by atoms with Gasteiger partial charge in [-0.15, -0.1) is 6.58 Å². The number of anilines is 1. The van der Waals surface area contributed by atoms with Crippen LogP contribution in [-0.2, 0) is 9.59 Å². The number of hydrogen-bond acceptors (Lipinski definition) is 4. The fourth-order valence-electron chi connectivity index (χ4n) is 2.02. The second-order valence-electron chi connectivity index (χ2n) is 5.01. The molecule has 1 aromatic rings. The topological polar surface area (TPSA) is 69.7 Å². The van der Waals surface area contributed by atoms with Gasteiger partial charge in [0.15, 0.2) is 0 Å². The quantitative estimate of drug-likeness (QED) is 0.518. The van der Waals surface area contributed by atoms with E-state index in [9.17, 15) is 14.4 Å². The molecule has 1 N–H and O–H groups in total. The molecule has 6 heteroatoms. The van der Waals surface area contributed by atoms with Crippen LogP contribution in [0, 0.1) is 0 Å². The number of imide groups is 2. The van der Waals surface area contributed by atoms with E-state index >= 15 is 0 Å². The SMILES string of the molecule is C=CCN1C(=O)NC(=O)C(=Cc2ccc(N(C)C)cc2)C1=O. The standard InChI is InChI=1S/C16H17N3O3/c1-4-9-19-15(21)13(14(20)17-16(19)22)10-11-5-7-12(8-6-11)18(2)3/h4-8,10H,1,9H2,2-3H3,(H,17,20,22). The van der Waals surface area contributed by atoms with Crippen molar-refractivity contribution in [2.45, 2.75) is 0 Å². The summed E-state index contributed by atoms with van der Waals surface area (Å²) in [5.74, 6) is -1.31. The molecular weight excluding hydrogens is 282 g/mol. The van der Waals surface area contributed by atoms with Crippen molar-refractivity contribution < 1.29 is 14.4 Å². The zero-order valence-electron chi connectivity index (χ0n) is 12.5. The molecule has 0 aliphatic carbocycles. The second kappa shape index (κ2) is 6.26. The Morgan fingerprint density at radius 3 is 2.36 bits per heavy atom. The Hall–Kier alpha value is -2.89. The van der Waals surface area contributed by atoms with Crippen molar-refractivity contribution >= 4 is 29.6 Å². The first kappa shape index (κ1) is 15.5. The highest BCUT2D eigenvalue weighted by atomic mass is 16.2. The van der Waals surface area contributed by atoms with Gasteiger partial charge >= 0.3 is 6.03 Å². The Balaban J connectivity index is 2.32. The van der Waals surface area contributed by atoms with Gasteiger partial charge in [-0.25, -0.2) is 4.79 Å². The molecule has 0 spiro atoms. The van der Waals surface area contributed by atoms with E-state index in [-0.39, 0.29) is 12.1 Å². The molecule has 114 valence electrons. The van der Waals surface area contributed by atoms with Crippen LogP contribution in [0.25, 0.3) is 6.08 Å². The highest BCUT2D eigenvalue weighted by Crippen LogP contribution is 2.17. The number of rotatable bonds is 4. The van der Waals surface area contributed by atoms with Crippen molar-refractivity contribution in [2.75, 3.05) is 25.5 Å². The summed E-state index contributed by atoms with van der Waals surface area (Å²) in [6.07, 6.45) is 2.90. The summed E-state index contributed by atoms with van der Waals surface area (Å²) in [7, 11) is 3.84. The third-order valence-electron chi connectivity index (χ3n) is 3.22. The first-order valence-electron chi connectivity index (χ1n) is 6.71. The lowest BCUT2D eigenvalue weighted by Crippen LogP contribution is -2.54. The minimum absolute atomic E-state index is 0.0505. The van der Waals surface area contributed by atoms with Gasteiger partial charge in [-0.1, -0.05) is 18.2 Å². The van der Waals surface area contributed by atoms with E-state index in [1.165, 1.54) is 12.2 Å². The molecule has 1 aromatic carbocycles. The van der Waals surface area contributed by atoms with Crippen LogP contribution in [0.5, 0.6) is 0 Å². The van der Waals surface area contributed by atoms with E-state index < -0.39 is 17.8 Å². The summed E-state index contributed by atoms with van der Waals surface area (Å²) in [4.78, 5) is 38.6. The number of barbiturate groups is 1. The molecule has 0 unspecified atom stereocenters. The van der Waals surface area contributed by atoms with Gasteiger partial charge in [0.05, 0.1) is 0 Å². The summed E-state index contributed by atoms with van der Waals surface area (Å²) in [5.41, 5.74) is 1.64. The van der Waals surface area contributed by atoms with E-state index in [0.29, 0.717) is 5.56 Å². The fraction of sp³-hybridized carbons (Fsp3) is 0.188. The predicted octanol–water partition coefficient (Wildman–Crippen LogP) is 1.40. The normalized spacial score (nSPS) is 16.7. The van der Waals surface area contributed by atoms with Crippen molar-refractivity contribution in [3.8, 4) is 0 Å². The van der Waals surface area contributed by atoms with Crippen LogP contribution >= 0.6 is 0 Å². The van der Waals surface area contributed by atoms with Gasteiger partial charge in [0, 0.05) is 26.3 Å². The molecular formula is C16H17N3O3. The third-order valence-corrected chi connectivity index (χ3v) is 3.22. The van der Waals surface area contributed by atoms with Crippen LogP contribution < -0.4 is 10.2 Å². The minimum Gasteiger partial charge on any atom is -0.378 e. The molecule has 22 heavy (non-hydrogen) atoms. The molecule has 1 saturated heterocycles. The first-order chi connectivity index (χ1) is 10.4. The number of amides is 4. The zero-order valence-corrected chi connectivity index (χ0v) is 12.5. The maximum absolute atomic E-state index is 12.2. The Morgan fingerprint density at radius 1 is 1.18 bits per heavy atom. The van der Waals surface area contributed by atoms with Crippen LogP contribution in [0.4, 0.5) is 10.5 Å². The van der Waals surface area contributed by atoms with Crippen LogP contribution in [-0.4, -0.2) is 43.4 Å². The van der Waals surface area contributed by atoms with E-state index in [0.717, 1.165) is 10.6 Å². The minimum atomic E-state index is -0.727. The van der Waals surface area contributed by atoms with Crippen molar-refractivity contribution in [3.63, 3.8) is 0 Å². The fourth-order valence-corrected chi connectivity index (χ4v) is 2.02. The molecule has 0 atom stereocenters. The summed E-state index contributed by atoms with van der Waals surface area (Å²) < 4.78 is 0. The number of urea groups is 1. The van der Waals surface area contributed by atoms with Crippen molar-refractivity contribution in [1.82, 2.24) is 10.2 Å².